The maximum absolute atomic E-state index is 14.0. The van der Waals surface area contributed by atoms with Gasteiger partial charge in [-0.2, -0.15) is 0 Å². The van der Waals surface area contributed by atoms with Crippen molar-refractivity contribution < 1.29 is 22.3 Å². The molecule has 2 aromatic carbocycles. The number of carbonyl (C=O) groups is 1. The van der Waals surface area contributed by atoms with Crippen molar-refractivity contribution in [3.05, 3.63) is 59.9 Å². The van der Waals surface area contributed by atoms with Crippen LogP contribution in [0.4, 0.5) is 10.1 Å². The Morgan fingerprint density at radius 1 is 1.17 bits per heavy atom. The summed E-state index contributed by atoms with van der Waals surface area (Å²) in [6, 6.07) is 13.1. The Hall–Kier alpha value is -2.61. The standard InChI is InChI=1S/C21H27FN2O4S/c1-16-10-12-18(13-11-16)28-15-17(2)23-21(25)9-6-14-24(29(3,26)27)20-8-5-4-7-19(20)22/h4-5,7-8,10-13,17H,6,9,14-15H2,1-3H3,(H,23,25)/t17-/m1/s1. The van der Waals surface area contributed by atoms with Crippen molar-refractivity contribution in [2.24, 2.45) is 0 Å². The molecule has 0 aliphatic heterocycles. The molecule has 0 fully saturated rings. The Morgan fingerprint density at radius 2 is 1.83 bits per heavy atom. The summed E-state index contributed by atoms with van der Waals surface area (Å²) in [5.74, 6) is -0.110. The lowest BCUT2D eigenvalue weighted by molar-refractivity contribution is -0.121. The van der Waals surface area contributed by atoms with Gasteiger partial charge in [-0.05, 0) is 44.5 Å². The molecular weight excluding hydrogens is 395 g/mol. The summed E-state index contributed by atoms with van der Waals surface area (Å²) in [4.78, 5) is 12.1. The number of para-hydroxylation sites is 1. The third kappa shape index (κ3) is 7.38. The first kappa shape index (κ1) is 22.7. The number of aryl methyl sites for hydroxylation is 1. The van der Waals surface area contributed by atoms with Crippen molar-refractivity contribution in [1.29, 1.82) is 0 Å². The molecule has 0 unspecified atom stereocenters. The highest BCUT2D eigenvalue weighted by Gasteiger charge is 2.20. The summed E-state index contributed by atoms with van der Waals surface area (Å²) < 4.78 is 44.6. The number of hydrogen-bond donors (Lipinski definition) is 1. The molecule has 1 N–H and O–H groups in total. The van der Waals surface area contributed by atoms with E-state index in [1.54, 1.807) is 6.07 Å². The summed E-state index contributed by atoms with van der Waals surface area (Å²) in [6.45, 7) is 4.15. The van der Waals surface area contributed by atoms with E-state index in [-0.39, 0.29) is 37.0 Å². The molecule has 0 heterocycles. The van der Waals surface area contributed by atoms with Crippen LogP contribution in [0, 0.1) is 12.7 Å². The minimum Gasteiger partial charge on any atom is -0.491 e. The van der Waals surface area contributed by atoms with E-state index in [0.717, 1.165) is 21.9 Å². The molecule has 1 atom stereocenters. The SMILES string of the molecule is Cc1ccc(OC[C@@H](C)NC(=O)CCCN(c2ccccc2F)S(C)(=O)=O)cc1. The summed E-state index contributed by atoms with van der Waals surface area (Å²) in [5.41, 5.74) is 1.12. The van der Waals surface area contributed by atoms with E-state index in [0.29, 0.717) is 6.61 Å². The van der Waals surface area contributed by atoms with Crippen molar-refractivity contribution >= 4 is 21.6 Å². The minimum atomic E-state index is -3.66. The van der Waals surface area contributed by atoms with Gasteiger partial charge in [0, 0.05) is 13.0 Å². The topological polar surface area (TPSA) is 75.7 Å². The van der Waals surface area contributed by atoms with E-state index in [2.05, 4.69) is 5.32 Å². The molecule has 0 aliphatic rings. The van der Waals surface area contributed by atoms with Crippen LogP contribution in [0.1, 0.15) is 25.3 Å². The monoisotopic (exact) mass is 422 g/mol. The average molecular weight is 423 g/mol. The lowest BCUT2D eigenvalue weighted by Crippen LogP contribution is -2.37. The molecule has 0 aliphatic carbocycles. The van der Waals surface area contributed by atoms with Crippen LogP contribution in [0.25, 0.3) is 0 Å². The fraction of sp³-hybridized carbons (Fsp3) is 0.381. The number of hydrogen-bond acceptors (Lipinski definition) is 4. The van der Waals surface area contributed by atoms with Crippen LogP contribution >= 0.6 is 0 Å². The molecule has 8 heteroatoms. The Labute approximate surface area is 171 Å². The molecule has 0 saturated heterocycles. The number of carbonyl (C=O) groups excluding carboxylic acids is 1. The molecule has 2 rings (SSSR count). The lowest BCUT2D eigenvalue weighted by Gasteiger charge is -2.23. The number of anilines is 1. The van der Waals surface area contributed by atoms with Crippen molar-refractivity contribution in [2.45, 2.75) is 32.7 Å². The molecular formula is C21H27FN2O4S. The van der Waals surface area contributed by atoms with Gasteiger partial charge in [0.25, 0.3) is 0 Å². The lowest BCUT2D eigenvalue weighted by atomic mass is 10.2. The van der Waals surface area contributed by atoms with Crippen molar-refractivity contribution in [3.8, 4) is 5.75 Å². The van der Waals surface area contributed by atoms with Crippen molar-refractivity contribution in [1.82, 2.24) is 5.32 Å². The highest BCUT2D eigenvalue weighted by Crippen LogP contribution is 2.21. The molecule has 0 aromatic heterocycles. The zero-order valence-electron chi connectivity index (χ0n) is 16.9. The van der Waals surface area contributed by atoms with E-state index in [4.69, 9.17) is 4.74 Å². The highest BCUT2D eigenvalue weighted by molar-refractivity contribution is 7.92. The van der Waals surface area contributed by atoms with Gasteiger partial charge < -0.3 is 10.1 Å². The number of benzene rings is 2. The molecule has 0 radical (unpaired) electrons. The van der Waals surface area contributed by atoms with Gasteiger partial charge in [0.15, 0.2) is 0 Å². The first-order chi connectivity index (χ1) is 13.7. The predicted octanol–water partition coefficient (Wildman–Crippen LogP) is 3.26. The Bertz CT molecular complexity index is 917. The van der Waals surface area contributed by atoms with Crippen LogP contribution in [-0.4, -0.2) is 39.8 Å². The fourth-order valence-corrected chi connectivity index (χ4v) is 3.71. The highest BCUT2D eigenvalue weighted by atomic mass is 32.2. The number of rotatable bonds is 10. The molecule has 0 spiro atoms. The second-order valence-electron chi connectivity index (χ2n) is 6.98. The average Bonchev–Trinajstić information content (AvgIpc) is 2.65. The van der Waals surface area contributed by atoms with E-state index in [1.165, 1.54) is 18.2 Å². The zero-order chi connectivity index (χ0) is 21.4. The summed E-state index contributed by atoms with van der Waals surface area (Å²) >= 11 is 0. The quantitative estimate of drug-likeness (QED) is 0.638. The second-order valence-corrected chi connectivity index (χ2v) is 8.89. The van der Waals surface area contributed by atoms with Gasteiger partial charge >= 0.3 is 0 Å². The Balaban J connectivity index is 1.81. The van der Waals surface area contributed by atoms with E-state index in [9.17, 15) is 17.6 Å². The molecule has 1 amide bonds. The van der Waals surface area contributed by atoms with Gasteiger partial charge in [-0.3, -0.25) is 9.10 Å². The van der Waals surface area contributed by atoms with E-state index >= 15 is 0 Å². The van der Waals surface area contributed by atoms with Gasteiger partial charge in [0.1, 0.15) is 18.2 Å². The zero-order valence-corrected chi connectivity index (χ0v) is 17.7. The number of nitrogens with one attached hydrogen (secondary N) is 1. The normalized spacial score (nSPS) is 12.3. The van der Waals surface area contributed by atoms with Crippen LogP contribution < -0.4 is 14.4 Å². The van der Waals surface area contributed by atoms with Gasteiger partial charge in [-0.1, -0.05) is 29.8 Å². The molecule has 29 heavy (non-hydrogen) atoms. The van der Waals surface area contributed by atoms with Crippen LogP contribution in [0.2, 0.25) is 0 Å². The van der Waals surface area contributed by atoms with Gasteiger partial charge in [0.2, 0.25) is 15.9 Å². The first-order valence-corrected chi connectivity index (χ1v) is 11.2. The number of nitrogens with zero attached hydrogens (tertiary/aromatic N) is 1. The van der Waals surface area contributed by atoms with Crippen LogP contribution in [0.5, 0.6) is 5.75 Å². The number of amides is 1. The van der Waals surface area contributed by atoms with Crippen LogP contribution in [-0.2, 0) is 14.8 Å². The summed E-state index contributed by atoms with van der Waals surface area (Å²) in [7, 11) is -3.66. The minimum absolute atomic E-state index is 0.0153. The largest absolute Gasteiger partial charge is 0.491 e. The van der Waals surface area contributed by atoms with Gasteiger partial charge in [-0.25, -0.2) is 12.8 Å². The molecule has 6 nitrogen and oxygen atoms in total. The molecule has 0 bridgehead atoms. The maximum atomic E-state index is 14.0. The molecule has 158 valence electrons. The van der Waals surface area contributed by atoms with Crippen molar-refractivity contribution in [3.63, 3.8) is 0 Å². The van der Waals surface area contributed by atoms with E-state index < -0.39 is 15.8 Å². The van der Waals surface area contributed by atoms with Crippen molar-refractivity contribution in [2.75, 3.05) is 23.7 Å². The third-order valence-electron chi connectivity index (χ3n) is 4.21. The summed E-state index contributed by atoms with van der Waals surface area (Å²) in [6.07, 6.45) is 1.40. The van der Waals surface area contributed by atoms with E-state index in [1.807, 2.05) is 38.1 Å². The Kier molecular flexibility index (Phi) is 8.01. The Morgan fingerprint density at radius 3 is 2.45 bits per heavy atom. The number of sulfonamides is 1. The molecule has 2 aromatic rings. The number of ether oxygens (including phenoxy) is 1. The summed E-state index contributed by atoms with van der Waals surface area (Å²) in [5, 5.41) is 2.82. The van der Waals surface area contributed by atoms with Gasteiger partial charge in [-0.15, -0.1) is 0 Å². The second kappa shape index (κ2) is 10.2. The molecule has 0 saturated carbocycles. The predicted molar refractivity (Wildman–Crippen MR) is 112 cm³/mol. The maximum Gasteiger partial charge on any atom is 0.232 e. The van der Waals surface area contributed by atoms with Crippen LogP contribution in [0.15, 0.2) is 48.5 Å². The fourth-order valence-electron chi connectivity index (χ4n) is 2.75. The third-order valence-corrected chi connectivity index (χ3v) is 5.39. The first-order valence-electron chi connectivity index (χ1n) is 9.38. The smallest absolute Gasteiger partial charge is 0.232 e. The number of halogens is 1. The van der Waals surface area contributed by atoms with Gasteiger partial charge in [0.05, 0.1) is 18.0 Å². The van der Waals surface area contributed by atoms with Crippen LogP contribution in [0.3, 0.4) is 0 Å².